The van der Waals surface area contributed by atoms with E-state index in [-0.39, 0.29) is 5.03 Å². The Balaban J connectivity index is 2.24. The molecule has 6 nitrogen and oxygen atoms in total. The molecule has 0 saturated heterocycles. The Labute approximate surface area is 107 Å². The Morgan fingerprint density at radius 3 is 2.72 bits per heavy atom. The van der Waals surface area contributed by atoms with Crippen molar-refractivity contribution < 1.29 is 8.42 Å². The van der Waals surface area contributed by atoms with Crippen molar-refractivity contribution in [3.05, 3.63) is 12.5 Å². The standard InChI is InChI=1S/C11H16N4O2S/c1-2-15-7-10(13-9-15)18(16,17)14-11(8-12)5-3-4-6-11/h7,9,14H,2-6H2,1H3. The van der Waals surface area contributed by atoms with Crippen molar-refractivity contribution >= 4 is 10.0 Å². The average molecular weight is 268 g/mol. The van der Waals surface area contributed by atoms with Crippen LogP contribution in [0.25, 0.3) is 0 Å². The van der Waals surface area contributed by atoms with Crippen LogP contribution in [0, 0.1) is 11.3 Å². The van der Waals surface area contributed by atoms with E-state index in [4.69, 9.17) is 0 Å². The highest BCUT2D eigenvalue weighted by molar-refractivity contribution is 7.89. The first-order valence-electron chi connectivity index (χ1n) is 5.98. The quantitative estimate of drug-likeness (QED) is 0.883. The summed E-state index contributed by atoms with van der Waals surface area (Å²) >= 11 is 0. The first-order chi connectivity index (χ1) is 8.51. The predicted octanol–water partition coefficient (Wildman–Crippen LogP) is 1.02. The molecule has 1 fully saturated rings. The van der Waals surface area contributed by atoms with Crippen molar-refractivity contribution in [2.75, 3.05) is 0 Å². The lowest BCUT2D eigenvalue weighted by molar-refractivity contribution is 0.483. The molecule has 0 aliphatic heterocycles. The number of nitrogens with one attached hydrogen (secondary N) is 1. The van der Waals surface area contributed by atoms with E-state index in [1.165, 1.54) is 12.5 Å². The lowest BCUT2D eigenvalue weighted by Gasteiger charge is -2.20. The Morgan fingerprint density at radius 2 is 2.22 bits per heavy atom. The summed E-state index contributed by atoms with van der Waals surface area (Å²) in [6.45, 7) is 2.56. The van der Waals surface area contributed by atoms with Gasteiger partial charge in [0.15, 0.2) is 5.03 Å². The van der Waals surface area contributed by atoms with E-state index in [1.54, 1.807) is 4.57 Å². The molecule has 98 valence electrons. The molecule has 1 heterocycles. The van der Waals surface area contributed by atoms with Gasteiger partial charge in [-0.05, 0) is 19.8 Å². The summed E-state index contributed by atoms with van der Waals surface area (Å²) in [5.41, 5.74) is -0.950. The molecule has 1 aromatic rings. The molecule has 0 amide bonds. The van der Waals surface area contributed by atoms with Crippen molar-refractivity contribution in [2.24, 2.45) is 0 Å². The molecule has 0 radical (unpaired) electrons. The average Bonchev–Trinajstić information content (AvgIpc) is 2.97. The molecule has 1 aliphatic carbocycles. The molecule has 1 saturated carbocycles. The summed E-state index contributed by atoms with van der Waals surface area (Å²) in [5.74, 6) is 0. The maximum Gasteiger partial charge on any atom is 0.260 e. The number of nitrogens with zero attached hydrogens (tertiary/aromatic N) is 3. The van der Waals surface area contributed by atoms with E-state index in [0.29, 0.717) is 19.4 Å². The number of aromatic nitrogens is 2. The Bertz CT molecular complexity index is 564. The molecule has 0 atom stereocenters. The summed E-state index contributed by atoms with van der Waals surface area (Å²) in [5, 5.41) is 9.15. The van der Waals surface area contributed by atoms with Crippen LogP contribution in [0.4, 0.5) is 0 Å². The van der Waals surface area contributed by atoms with Gasteiger partial charge in [0.2, 0.25) is 0 Å². The van der Waals surface area contributed by atoms with Gasteiger partial charge in [-0.2, -0.15) is 9.98 Å². The van der Waals surface area contributed by atoms with Crippen molar-refractivity contribution in [1.82, 2.24) is 14.3 Å². The summed E-state index contributed by atoms with van der Waals surface area (Å²) in [4.78, 5) is 3.87. The Morgan fingerprint density at radius 1 is 1.56 bits per heavy atom. The fourth-order valence-electron chi connectivity index (χ4n) is 2.18. The number of hydrogen-bond donors (Lipinski definition) is 1. The third kappa shape index (κ3) is 2.40. The van der Waals surface area contributed by atoms with Crippen molar-refractivity contribution in [2.45, 2.75) is 49.7 Å². The van der Waals surface area contributed by atoms with Gasteiger partial charge < -0.3 is 4.57 Å². The van der Waals surface area contributed by atoms with E-state index >= 15 is 0 Å². The van der Waals surface area contributed by atoms with E-state index < -0.39 is 15.6 Å². The number of sulfonamides is 1. The molecule has 1 N–H and O–H groups in total. The zero-order valence-corrected chi connectivity index (χ0v) is 11.1. The zero-order chi connectivity index (χ0) is 13.2. The van der Waals surface area contributed by atoms with Crippen LogP contribution in [0.5, 0.6) is 0 Å². The summed E-state index contributed by atoms with van der Waals surface area (Å²) in [6, 6.07) is 2.10. The molecule has 0 unspecified atom stereocenters. The highest BCUT2D eigenvalue weighted by atomic mass is 32.2. The van der Waals surface area contributed by atoms with E-state index in [9.17, 15) is 13.7 Å². The van der Waals surface area contributed by atoms with Gasteiger partial charge in [0.1, 0.15) is 5.54 Å². The number of hydrogen-bond acceptors (Lipinski definition) is 4. The van der Waals surface area contributed by atoms with Crippen molar-refractivity contribution in [3.8, 4) is 6.07 Å². The monoisotopic (exact) mass is 268 g/mol. The third-order valence-electron chi connectivity index (χ3n) is 3.25. The van der Waals surface area contributed by atoms with Gasteiger partial charge in [-0.3, -0.25) is 0 Å². The topological polar surface area (TPSA) is 87.8 Å². The van der Waals surface area contributed by atoms with Crippen LogP contribution >= 0.6 is 0 Å². The summed E-state index contributed by atoms with van der Waals surface area (Å²) < 4.78 is 28.5. The highest BCUT2D eigenvalue weighted by Gasteiger charge is 2.38. The first kappa shape index (κ1) is 13.1. The number of aryl methyl sites for hydroxylation is 1. The Hall–Kier alpha value is -1.39. The second kappa shape index (κ2) is 4.71. The van der Waals surface area contributed by atoms with Crippen LogP contribution in [-0.2, 0) is 16.6 Å². The lowest BCUT2D eigenvalue weighted by Crippen LogP contribution is -2.45. The fourth-order valence-corrected chi connectivity index (χ4v) is 3.50. The molecule has 0 aromatic carbocycles. The highest BCUT2D eigenvalue weighted by Crippen LogP contribution is 2.30. The minimum absolute atomic E-state index is 0.0223. The third-order valence-corrected chi connectivity index (χ3v) is 4.67. The molecule has 0 spiro atoms. The molecule has 1 aliphatic rings. The van der Waals surface area contributed by atoms with Crippen LogP contribution in [0.3, 0.4) is 0 Å². The minimum atomic E-state index is -3.71. The summed E-state index contributed by atoms with van der Waals surface area (Å²) in [6.07, 6.45) is 5.83. The SMILES string of the molecule is CCn1cnc(S(=O)(=O)NC2(C#N)CCCC2)c1. The van der Waals surface area contributed by atoms with Gasteiger partial charge in [0.05, 0.1) is 12.4 Å². The molecule has 2 rings (SSSR count). The lowest BCUT2D eigenvalue weighted by atomic mass is 10.0. The molecule has 7 heteroatoms. The molecular weight excluding hydrogens is 252 g/mol. The van der Waals surface area contributed by atoms with Crippen molar-refractivity contribution in [3.63, 3.8) is 0 Å². The van der Waals surface area contributed by atoms with Crippen LogP contribution in [0.15, 0.2) is 17.6 Å². The van der Waals surface area contributed by atoms with Gasteiger partial charge in [0.25, 0.3) is 10.0 Å². The van der Waals surface area contributed by atoms with Crippen LogP contribution in [0.1, 0.15) is 32.6 Å². The number of rotatable bonds is 4. The maximum absolute atomic E-state index is 12.1. The Kier molecular flexibility index (Phi) is 3.41. The fraction of sp³-hybridized carbons (Fsp3) is 0.636. The van der Waals surface area contributed by atoms with E-state index in [0.717, 1.165) is 12.8 Å². The van der Waals surface area contributed by atoms with Gasteiger partial charge in [-0.25, -0.2) is 13.4 Å². The van der Waals surface area contributed by atoms with Gasteiger partial charge in [-0.15, -0.1) is 0 Å². The van der Waals surface area contributed by atoms with Crippen LogP contribution < -0.4 is 4.72 Å². The smallest absolute Gasteiger partial charge is 0.260 e. The van der Waals surface area contributed by atoms with E-state index in [2.05, 4.69) is 15.8 Å². The normalized spacial score (nSPS) is 18.7. The number of nitriles is 1. The number of imidazole rings is 1. The van der Waals surface area contributed by atoms with Crippen LogP contribution in [-0.4, -0.2) is 23.5 Å². The minimum Gasteiger partial charge on any atom is -0.336 e. The largest absolute Gasteiger partial charge is 0.336 e. The molecular formula is C11H16N4O2S. The maximum atomic E-state index is 12.1. The zero-order valence-electron chi connectivity index (χ0n) is 10.3. The summed E-state index contributed by atoms with van der Waals surface area (Å²) in [7, 11) is -3.71. The van der Waals surface area contributed by atoms with Crippen LogP contribution in [0.2, 0.25) is 0 Å². The van der Waals surface area contributed by atoms with Gasteiger partial charge >= 0.3 is 0 Å². The molecule has 18 heavy (non-hydrogen) atoms. The van der Waals surface area contributed by atoms with Crippen molar-refractivity contribution in [1.29, 1.82) is 5.26 Å². The second-order valence-corrected chi connectivity index (χ2v) is 6.18. The first-order valence-corrected chi connectivity index (χ1v) is 7.47. The van der Waals surface area contributed by atoms with E-state index in [1.807, 2.05) is 6.92 Å². The predicted molar refractivity (Wildman–Crippen MR) is 65.0 cm³/mol. The molecule has 1 aromatic heterocycles. The molecule has 0 bridgehead atoms. The second-order valence-electron chi connectivity index (χ2n) is 4.55. The van der Waals surface area contributed by atoms with Gasteiger partial charge in [0, 0.05) is 12.7 Å². The van der Waals surface area contributed by atoms with Gasteiger partial charge in [-0.1, -0.05) is 12.8 Å².